The molecule has 0 radical (unpaired) electrons. The van der Waals surface area contributed by atoms with Crippen LogP contribution < -0.4 is 5.32 Å². The highest BCUT2D eigenvalue weighted by Crippen LogP contribution is 2.27. The van der Waals surface area contributed by atoms with Gasteiger partial charge in [-0.2, -0.15) is 4.31 Å². The van der Waals surface area contributed by atoms with Crippen molar-refractivity contribution in [2.24, 2.45) is 0 Å². The van der Waals surface area contributed by atoms with Crippen molar-refractivity contribution >= 4 is 33.0 Å². The van der Waals surface area contributed by atoms with E-state index in [1.807, 2.05) is 0 Å². The number of amides is 1. The summed E-state index contributed by atoms with van der Waals surface area (Å²) in [5.74, 6) is -2.10. The summed E-state index contributed by atoms with van der Waals surface area (Å²) < 4.78 is 53.0. The minimum atomic E-state index is -3.51. The summed E-state index contributed by atoms with van der Waals surface area (Å²) in [4.78, 5) is 12.6. The average molecular weight is 386 g/mol. The minimum Gasteiger partial charge on any atom is -0.323 e. The SMILES string of the molecule is O=C(Cc1ccc(S(=O)(=O)N2CCCC2)s1)Nc1ccc(F)cc1F. The fourth-order valence-corrected chi connectivity index (χ4v) is 5.62. The summed E-state index contributed by atoms with van der Waals surface area (Å²) in [6, 6.07) is 5.93. The number of anilines is 1. The first-order valence-corrected chi connectivity index (χ1v) is 9.96. The molecule has 9 heteroatoms. The molecule has 1 aromatic heterocycles. The van der Waals surface area contributed by atoms with Crippen LogP contribution in [0.5, 0.6) is 0 Å². The van der Waals surface area contributed by atoms with Crippen molar-refractivity contribution < 1.29 is 22.0 Å². The van der Waals surface area contributed by atoms with Crippen LogP contribution in [0.1, 0.15) is 17.7 Å². The fraction of sp³-hybridized carbons (Fsp3) is 0.312. The Morgan fingerprint density at radius 2 is 1.88 bits per heavy atom. The standard InChI is InChI=1S/C16H16F2N2O3S2/c17-11-3-5-14(13(18)9-11)19-15(21)10-12-4-6-16(24-12)25(22,23)20-7-1-2-8-20/h3-6,9H,1-2,7-8,10H2,(H,19,21). The van der Waals surface area contributed by atoms with Gasteiger partial charge in [-0.15, -0.1) is 11.3 Å². The predicted octanol–water partition coefficient (Wildman–Crippen LogP) is 2.99. The normalized spacial score (nSPS) is 15.4. The Morgan fingerprint density at radius 3 is 2.56 bits per heavy atom. The minimum absolute atomic E-state index is 0.0863. The lowest BCUT2D eigenvalue weighted by Crippen LogP contribution is -2.27. The van der Waals surface area contributed by atoms with Crippen molar-refractivity contribution in [2.75, 3.05) is 18.4 Å². The van der Waals surface area contributed by atoms with Crippen LogP contribution in [-0.4, -0.2) is 31.7 Å². The number of thiophene rings is 1. The Morgan fingerprint density at radius 1 is 1.16 bits per heavy atom. The summed E-state index contributed by atoms with van der Waals surface area (Å²) in [7, 11) is -3.51. The molecule has 1 aliphatic rings. The first kappa shape index (κ1) is 18.0. The molecule has 5 nitrogen and oxygen atoms in total. The van der Waals surface area contributed by atoms with E-state index < -0.39 is 27.6 Å². The smallest absolute Gasteiger partial charge is 0.252 e. The van der Waals surface area contributed by atoms with Crippen molar-refractivity contribution in [3.63, 3.8) is 0 Å². The number of hydrogen-bond acceptors (Lipinski definition) is 4. The molecule has 2 aromatic rings. The van der Waals surface area contributed by atoms with Gasteiger partial charge in [-0.3, -0.25) is 4.79 Å². The fourth-order valence-electron chi connectivity index (χ4n) is 2.59. The molecule has 25 heavy (non-hydrogen) atoms. The van der Waals surface area contributed by atoms with Crippen LogP contribution in [0.3, 0.4) is 0 Å². The van der Waals surface area contributed by atoms with Gasteiger partial charge in [0.2, 0.25) is 5.91 Å². The molecule has 0 saturated carbocycles. The highest BCUT2D eigenvalue weighted by molar-refractivity contribution is 7.91. The summed E-state index contributed by atoms with van der Waals surface area (Å²) in [5.41, 5.74) is -0.118. The van der Waals surface area contributed by atoms with Crippen molar-refractivity contribution in [3.05, 3.63) is 46.8 Å². The van der Waals surface area contributed by atoms with E-state index in [0.717, 1.165) is 36.3 Å². The van der Waals surface area contributed by atoms with Crippen molar-refractivity contribution in [3.8, 4) is 0 Å². The molecule has 1 saturated heterocycles. The predicted molar refractivity (Wildman–Crippen MR) is 91.0 cm³/mol. The Kier molecular flexibility index (Phi) is 5.16. The molecule has 1 N–H and O–H groups in total. The number of halogens is 2. The summed E-state index contributed by atoms with van der Waals surface area (Å²) in [5, 5.41) is 2.36. The molecule has 0 spiro atoms. The molecule has 1 aromatic carbocycles. The molecular weight excluding hydrogens is 370 g/mol. The molecule has 3 rings (SSSR count). The summed E-state index contributed by atoms with van der Waals surface area (Å²) >= 11 is 1.03. The van der Waals surface area contributed by atoms with E-state index in [0.29, 0.717) is 24.0 Å². The zero-order valence-electron chi connectivity index (χ0n) is 13.2. The van der Waals surface area contributed by atoms with E-state index in [-0.39, 0.29) is 16.3 Å². The number of nitrogens with one attached hydrogen (secondary N) is 1. The van der Waals surface area contributed by atoms with Crippen LogP contribution in [0.15, 0.2) is 34.5 Å². The third kappa shape index (κ3) is 4.05. The van der Waals surface area contributed by atoms with Crippen molar-refractivity contribution in [2.45, 2.75) is 23.5 Å². The Hall–Kier alpha value is -1.84. The lowest BCUT2D eigenvalue weighted by Gasteiger charge is -2.13. The van der Waals surface area contributed by atoms with Crippen LogP contribution in [0.2, 0.25) is 0 Å². The van der Waals surface area contributed by atoms with Crippen LogP contribution in [0, 0.1) is 11.6 Å². The van der Waals surface area contributed by atoms with E-state index in [1.54, 1.807) is 6.07 Å². The van der Waals surface area contributed by atoms with E-state index in [4.69, 9.17) is 0 Å². The van der Waals surface area contributed by atoms with Gasteiger partial charge in [-0.05, 0) is 37.1 Å². The van der Waals surface area contributed by atoms with Gasteiger partial charge >= 0.3 is 0 Å². The summed E-state index contributed by atoms with van der Waals surface area (Å²) in [6.45, 7) is 1.03. The van der Waals surface area contributed by atoms with E-state index in [1.165, 1.54) is 10.4 Å². The van der Waals surface area contributed by atoms with E-state index in [9.17, 15) is 22.0 Å². The van der Waals surface area contributed by atoms with Crippen LogP contribution in [-0.2, 0) is 21.2 Å². The van der Waals surface area contributed by atoms with Gasteiger partial charge in [0.25, 0.3) is 10.0 Å². The van der Waals surface area contributed by atoms with Gasteiger partial charge in [0, 0.05) is 24.0 Å². The Labute approximate surface area is 148 Å². The zero-order valence-corrected chi connectivity index (χ0v) is 14.8. The quantitative estimate of drug-likeness (QED) is 0.859. The third-order valence-electron chi connectivity index (χ3n) is 3.84. The van der Waals surface area contributed by atoms with Crippen molar-refractivity contribution in [1.29, 1.82) is 0 Å². The molecule has 0 aliphatic carbocycles. The average Bonchev–Trinajstić information content (AvgIpc) is 3.22. The van der Waals surface area contributed by atoms with Crippen LogP contribution in [0.4, 0.5) is 14.5 Å². The molecule has 0 atom stereocenters. The second-order valence-electron chi connectivity index (χ2n) is 5.68. The van der Waals surface area contributed by atoms with E-state index in [2.05, 4.69) is 5.32 Å². The van der Waals surface area contributed by atoms with Gasteiger partial charge in [0.1, 0.15) is 15.8 Å². The number of carbonyl (C=O) groups excluding carboxylic acids is 1. The first-order valence-electron chi connectivity index (χ1n) is 7.70. The highest BCUT2D eigenvalue weighted by atomic mass is 32.2. The second-order valence-corrected chi connectivity index (χ2v) is 9.01. The van der Waals surface area contributed by atoms with E-state index >= 15 is 0 Å². The topological polar surface area (TPSA) is 66.5 Å². The molecule has 0 bridgehead atoms. The number of benzene rings is 1. The Bertz CT molecular complexity index is 891. The maximum atomic E-state index is 13.5. The maximum Gasteiger partial charge on any atom is 0.252 e. The monoisotopic (exact) mass is 386 g/mol. The largest absolute Gasteiger partial charge is 0.323 e. The molecule has 1 aliphatic heterocycles. The highest BCUT2D eigenvalue weighted by Gasteiger charge is 2.28. The van der Waals surface area contributed by atoms with Gasteiger partial charge in [0.05, 0.1) is 12.1 Å². The molecular formula is C16H16F2N2O3S2. The van der Waals surface area contributed by atoms with Crippen molar-refractivity contribution in [1.82, 2.24) is 4.31 Å². The second kappa shape index (κ2) is 7.19. The molecule has 0 unspecified atom stereocenters. The number of hydrogen-bond donors (Lipinski definition) is 1. The molecule has 1 amide bonds. The van der Waals surface area contributed by atoms with Gasteiger partial charge in [-0.25, -0.2) is 17.2 Å². The molecule has 2 heterocycles. The lowest BCUT2D eigenvalue weighted by molar-refractivity contribution is -0.115. The maximum absolute atomic E-state index is 13.5. The molecule has 1 fully saturated rings. The number of carbonyl (C=O) groups is 1. The van der Waals surface area contributed by atoms with Gasteiger partial charge in [-0.1, -0.05) is 0 Å². The van der Waals surface area contributed by atoms with Gasteiger partial charge in [0.15, 0.2) is 0 Å². The number of sulfonamides is 1. The lowest BCUT2D eigenvalue weighted by atomic mass is 10.2. The number of nitrogens with zero attached hydrogens (tertiary/aromatic N) is 1. The first-order chi connectivity index (χ1) is 11.9. The summed E-state index contributed by atoms with van der Waals surface area (Å²) in [6.07, 6.45) is 1.61. The zero-order chi connectivity index (χ0) is 18.0. The third-order valence-corrected chi connectivity index (χ3v) is 7.29. The van der Waals surface area contributed by atoms with Gasteiger partial charge < -0.3 is 5.32 Å². The van der Waals surface area contributed by atoms with Crippen LogP contribution in [0.25, 0.3) is 0 Å². The molecule has 134 valence electrons. The van der Waals surface area contributed by atoms with Crippen LogP contribution >= 0.6 is 11.3 Å². The Balaban J connectivity index is 1.67. The number of rotatable bonds is 5.